The lowest BCUT2D eigenvalue weighted by Crippen LogP contribution is -2.67. The quantitative estimate of drug-likeness (QED) is 0.389. The molecule has 0 spiro atoms. The Morgan fingerprint density at radius 3 is 2.19 bits per heavy atom. The number of aliphatic hydroxyl groups is 1. The zero-order valence-electron chi connectivity index (χ0n) is 21.7. The van der Waals surface area contributed by atoms with Crippen LogP contribution in [0.5, 0.6) is 0 Å². The lowest BCUT2D eigenvalue weighted by Gasteiger charge is -2.73. The molecule has 31 heavy (non-hydrogen) atoms. The van der Waals surface area contributed by atoms with E-state index in [0.29, 0.717) is 33.5 Å². The molecule has 1 N–H and O–H groups in total. The summed E-state index contributed by atoms with van der Waals surface area (Å²) in [6.07, 6.45) is 13.2. The number of hydrogen-bond acceptors (Lipinski definition) is 1. The molecule has 3 unspecified atom stereocenters. The fourth-order valence-electron chi connectivity index (χ4n) is 11.4. The van der Waals surface area contributed by atoms with Crippen LogP contribution in [0.15, 0.2) is 12.2 Å². The molecule has 176 valence electrons. The molecule has 0 aromatic carbocycles. The Bertz CT molecular complexity index is 766. The Morgan fingerprint density at radius 1 is 0.774 bits per heavy atom. The van der Waals surface area contributed by atoms with E-state index in [1.807, 2.05) is 0 Å². The second-order valence-electron chi connectivity index (χ2n) is 14.7. The van der Waals surface area contributed by atoms with Gasteiger partial charge in [0, 0.05) is 0 Å². The van der Waals surface area contributed by atoms with Crippen molar-refractivity contribution < 1.29 is 5.11 Å². The molecule has 0 bridgehead atoms. The highest BCUT2D eigenvalue weighted by atomic mass is 16.3. The van der Waals surface area contributed by atoms with Crippen LogP contribution >= 0.6 is 0 Å². The van der Waals surface area contributed by atoms with Crippen LogP contribution in [0.3, 0.4) is 0 Å². The first-order valence-electron chi connectivity index (χ1n) is 13.7. The summed E-state index contributed by atoms with van der Waals surface area (Å²) in [7, 11) is 0. The summed E-state index contributed by atoms with van der Waals surface area (Å²) >= 11 is 0. The summed E-state index contributed by atoms with van der Waals surface area (Å²) in [5.41, 5.74) is 3.43. The van der Waals surface area contributed by atoms with Crippen LogP contribution in [0.4, 0.5) is 0 Å². The Balaban J connectivity index is 1.54. The van der Waals surface area contributed by atoms with E-state index in [2.05, 4.69) is 55.0 Å². The van der Waals surface area contributed by atoms with Gasteiger partial charge in [-0.05, 0) is 121 Å². The molecule has 0 heterocycles. The molecule has 0 saturated heterocycles. The molecule has 5 saturated carbocycles. The molecule has 0 aromatic rings. The van der Waals surface area contributed by atoms with E-state index in [1.54, 1.807) is 0 Å². The maximum atomic E-state index is 10.9. The van der Waals surface area contributed by atoms with E-state index < -0.39 is 0 Å². The Hall–Kier alpha value is -0.300. The largest absolute Gasteiger partial charge is 0.393 e. The second kappa shape index (κ2) is 6.64. The van der Waals surface area contributed by atoms with Crippen molar-refractivity contribution in [1.82, 2.24) is 0 Å². The lowest BCUT2D eigenvalue weighted by atomic mass is 9.31. The molecule has 0 aromatic heterocycles. The lowest BCUT2D eigenvalue weighted by molar-refractivity contribution is -0.251. The van der Waals surface area contributed by atoms with Gasteiger partial charge in [-0.15, -0.1) is 0 Å². The van der Waals surface area contributed by atoms with Gasteiger partial charge >= 0.3 is 0 Å². The molecule has 1 nitrogen and oxygen atoms in total. The normalized spacial score (nSPS) is 58.5. The fourth-order valence-corrected chi connectivity index (χ4v) is 11.4. The van der Waals surface area contributed by atoms with Crippen molar-refractivity contribution in [3.63, 3.8) is 0 Å². The van der Waals surface area contributed by atoms with Crippen molar-refractivity contribution >= 4 is 0 Å². The van der Waals surface area contributed by atoms with Crippen molar-refractivity contribution in [2.45, 2.75) is 119 Å². The minimum absolute atomic E-state index is 0.0623. The summed E-state index contributed by atoms with van der Waals surface area (Å²) in [6, 6.07) is 0. The van der Waals surface area contributed by atoms with Crippen LogP contribution in [-0.4, -0.2) is 11.2 Å². The monoisotopic (exact) mass is 426 g/mol. The first-order valence-corrected chi connectivity index (χ1v) is 13.7. The third kappa shape index (κ3) is 2.65. The van der Waals surface area contributed by atoms with Gasteiger partial charge in [-0.3, -0.25) is 0 Å². The highest BCUT2D eigenvalue weighted by Gasteiger charge is 2.69. The highest BCUT2D eigenvalue weighted by molar-refractivity contribution is 5.21. The maximum Gasteiger partial charge on any atom is 0.0594 e. The van der Waals surface area contributed by atoms with E-state index in [9.17, 15) is 5.11 Å². The molecule has 10 atom stereocenters. The summed E-state index contributed by atoms with van der Waals surface area (Å²) in [5.74, 6) is 3.88. The van der Waals surface area contributed by atoms with Gasteiger partial charge in [0.25, 0.3) is 0 Å². The van der Waals surface area contributed by atoms with Crippen LogP contribution < -0.4 is 0 Å². The fraction of sp³-hybridized carbons (Fsp3) is 0.933. The van der Waals surface area contributed by atoms with Crippen molar-refractivity contribution in [2.75, 3.05) is 0 Å². The van der Waals surface area contributed by atoms with Gasteiger partial charge in [-0.1, -0.05) is 60.6 Å². The summed E-state index contributed by atoms with van der Waals surface area (Å²) in [5, 5.41) is 10.9. The molecule has 5 rings (SSSR count). The van der Waals surface area contributed by atoms with Gasteiger partial charge in [0.15, 0.2) is 0 Å². The van der Waals surface area contributed by atoms with Gasteiger partial charge in [-0.25, -0.2) is 0 Å². The molecule has 1 heteroatoms. The predicted molar refractivity (Wildman–Crippen MR) is 131 cm³/mol. The minimum atomic E-state index is -0.119. The van der Waals surface area contributed by atoms with Crippen molar-refractivity contribution in [2.24, 2.45) is 56.7 Å². The zero-order valence-corrected chi connectivity index (χ0v) is 21.7. The Labute approximate surface area is 192 Å². The smallest absolute Gasteiger partial charge is 0.0594 e. The molecule has 0 radical (unpaired) electrons. The first-order chi connectivity index (χ1) is 14.3. The first kappa shape index (κ1) is 22.5. The van der Waals surface area contributed by atoms with Gasteiger partial charge in [0.1, 0.15) is 0 Å². The number of fused-ring (bicyclic) bond motifs is 7. The summed E-state index contributed by atoms with van der Waals surface area (Å²) in [4.78, 5) is 0. The van der Waals surface area contributed by atoms with Gasteiger partial charge in [-0.2, -0.15) is 0 Å². The number of aliphatic hydroxyl groups excluding tert-OH is 1. The molecule has 5 aliphatic carbocycles. The Kier molecular flexibility index (Phi) is 4.82. The van der Waals surface area contributed by atoms with Crippen LogP contribution in [0.2, 0.25) is 0 Å². The molecule has 5 aliphatic rings. The predicted octanol–water partition coefficient (Wildman–Crippen LogP) is 8.02. The van der Waals surface area contributed by atoms with Crippen molar-refractivity contribution in [1.29, 1.82) is 0 Å². The van der Waals surface area contributed by atoms with Crippen molar-refractivity contribution in [3.8, 4) is 0 Å². The van der Waals surface area contributed by atoms with Crippen molar-refractivity contribution in [3.05, 3.63) is 12.2 Å². The van der Waals surface area contributed by atoms with Crippen LogP contribution in [0.25, 0.3) is 0 Å². The third-order valence-electron chi connectivity index (χ3n) is 13.6. The van der Waals surface area contributed by atoms with Gasteiger partial charge in [0.05, 0.1) is 6.10 Å². The third-order valence-corrected chi connectivity index (χ3v) is 13.6. The average Bonchev–Trinajstić information content (AvgIpc) is 2.69. The van der Waals surface area contributed by atoms with E-state index in [0.717, 1.165) is 24.2 Å². The SMILES string of the molecule is C=C1CC[C@]2(C)CC[C@]3(C)[C@H](CC[C@@H]4[C@@]5(C)CCC(O)C(C)(C)C5CC[C@]43C)[C@H]2C1C. The maximum absolute atomic E-state index is 10.9. The number of allylic oxidation sites excluding steroid dienone is 1. The molecule has 0 aliphatic heterocycles. The summed E-state index contributed by atoms with van der Waals surface area (Å²) < 4.78 is 0. The van der Waals surface area contributed by atoms with E-state index in [1.165, 1.54) is 63.4 Å². The minimum Gasteiger partial charge on any atom is -0.393 e. The van der Waals surface area contributed by atoms with Gasteiger partial charge in [0.2, 0.25) is 0 Å². The summed E-state index contributed by atoms with van der Waals surface area (Å²) in [6.45, 7) is 22.6. The van der Waals surface area contributed by atoms with Crippen LogP contribution in [0.1, 0.15) is 113 Å². The molecular formula is C30H50O. The van der Waals surface area contributed by atoms with Crippen LogP contribution in [0, 0.1) is 56.7 Å². The standard InChI is InChI=1S/C30H50O/c1-19-11-14-27(5)17-18-29(7)21(25(27)20(19)2)9-10-23-28(6)15-13-24(31)26(3,4)22(28)12-16-30(23,29)8/h20-25,31H,1,9-18H2,2-8H3/t20?,21-,22?,23-,24?,25-,27-,28+,29-,30-/m1/s1. The second-order valence-corrected chi connectivity index (χ2v) is 14.7. The zero-order chi connectivity index (χ0) is 22.6. The average molecular weight is 427 g/mol. The highest BCUT2D eigenvalue weighted by Crippen LogP contribution is 2.76. The number of rotatable bonds is 0. The van der Waals surface area contributed by atoms with Gasteiger partial charge < -0.3 is 5.11 Å². The molecule has 5 fully saturated rings. The molecule has 0 amide bonds. The van der Waals surface area contributed by atoms with E-state index in [4.69, 9.17) is 0 Å². The van der Waals surface area contributed by atoms with E-state index in [-0.39, 0.29) is 11.5 Å². The molecular weight excluding hydrogens is 376 g/mol. The number of hydrogen-bond donors (Lipinski definition) is 1. The van der Waals surface area contributed by atoms with E-state index >= 15 is 0 Å². The topological polar surface area (TPSA) is 20.2 Å². The van der Waals surface area contributed by atoms with Crippen LogP contribution in [-0.2, 0) is 0 Å². The Morgan fingerprint density at radius 2 is 1.48 bits per heavy atom.